The van der Waals surface area contributed by atoms with Crippen molar-refractivity contribution in [2.24, 2.45) is 0 Å². The fraction of sp³-hybridized carbons (Fsp3) is 0.0833. The molecule has 1 aliphatic rings. The number of pyridine rings is 1. The molecule has 9 heteroatoms. The van der Waals surface area contributed by atoms with E-state index in [-0.39, 0.29) is 15.3 Å². The Kier molecular flexibility index (Phi) is 6.52. The Labute approximate surface area is 198 Å². The summed E-state index contributed by atoms with van der Waals surface area (Å²) in [5, 5.41) is 1.02. The fourth-order valence-corrected chi connectivity index (χ4v) is 4.47. The third-order valence-corrected chi connectivity index (χ3v) is 6.29. The smallest absolute Gasteiger partial charge is 0.285 e. The number of thiocarbonyl (C=S) groups is 1. The van der Waals surface area contributed by atoms with Gasteiger partial charge in [0.2, 0.25) is 5.43 Å². The van der Waals surface area contributed by atoms with E-state index in [0.29, 0.717) is 17.0 Å². The third kappa shape index (κ3) is 4.64. The quantitative estimate of drug-likeness (QED) is 0.437. The van der Waals surface area contributed by atoms with E-state index in [1.807, 2.05) is 43.3 Å². The minimum Gasteiger partial charge on any atom is -0.347 e. The van der Waals surface area contributed by atoms with E-state index in [1.165, 1.54) is 18.3 Å². The van der Waals surface area contributed by atoms with Crippen LogP contribution in [-0.4, -0.2) is 25.7 Å². The number of aryl methyl sites for hydroxylation is 1. The van der Waals surface area contributed by atoms with Gasteiger partial charge in [-0.05, 0) is 49.0 Å². The van der Waals surface area contributed by atoms with Gasteiger partial charge in [-0.3, -0.25) is 19.8 Å². The van der Waals surface area contributed by atoms with Crippen LogP contribution in [0.3, 0.4) is 0 Å². The minimum absolute atomic E-state index is 0.0841. The molecule has 1 N–H and O–H groups in total. The average molecular weight is 480 g/mol. The summed E-state index contributed by atoms with van der Waals surface area (Å²) in [6, 6.07) is 13.4. The van der Waals surface area contributed by atoms with Crippen molar-refractivity contribution < 1.29 is 14.0 Å². The molecule has 1 aromatic heterocycles. The lowest BCUT2D eigenvalue weighted by Crippen LogP contribution is -2.46. The monoisotopic (exact) mass is 479 g/mol. The van der Waals surface area contributed by atoms with Crippen molar-refractivity contribution in [1.82, 2.24) is 15.0 Å². The highest BCUT2D eigenvalue weighted by Gasteiger charge is 2.34. The molecule has 2 aromatic carbocycles. The first kappa shape index (κ1) is 22.6. The number of hydrazine groups is 1. The summed E-state index contributed by atoms with van der Waals surface area (Å²) in [4.78, 5) is 38.9. The molecule has 0 atom stereocenters. The average Bonchev–Trinajstić information content (AvgIpc) is 3.07. The number of allylic oxidation sites excluding steroid dienone is 2. The molecule has 1 saturated heterocycles. The third-order valence-electron chi connectivity index (χ3n) is 4.97. The van der Waals surface area contributed by atoms with Gasteiger partial charge in [-0.1, -0.05) is 54.2 Å². The number of fused-ring (bicyclic) bond motifs is 1. The number of nitrogens with zero attached hydrogens (tertiary/aromatic N) is 2. The minimum atomic E-state index is -0.800. The second-order valence-corrected chi connectivity index (χ2v) is 8.75. The molecular weight excluding hydrogens is 461 g/mol. The molecule has 0 bridgehead atoms. The SMILES string of the molecule is CCn1cc(C(=O)NN2C(=O)/C(=C/C=C/c3ccccc3)SC2=S)c(=O)c2cc(F)ccc21. The Morgan fingerprint density at radius 1 is 1.18 bits per heavy atom. The molecule has 2 heterocycles. The second-order valence-electron chi connectivity index (χ2n) is 7.07. The molecule has 33 heavy (non-hydrogen) atoms. The first-order valence-corrected chi connectivity index (χ1v) is 11.2. The molecule has 0 aliphatic carbocycles. The normalized spacial score (nSPS) is 15.2. The van der Waals surface area contributed by atoms with Gasteiger partial charge in [0.05, 0.1) is 10.4 Å². The summed E-state index contributed by atoms with van der Waals surface area (Å²) >= 11 is 6.28. The predicted molar refractivity (Wildman–Crippen MR) is 132 cm³/mol. The number of rotatable bonds is 5. The van der Waals surface area contributed by atoms with Crippen LogP contribution in [0.25, 0.3) is 17.0 Å². The van der Waals surface area contributed by atoms with E-state index in [1.54, 1.807) is 16.7 Å². The fourth-order valence-electron chi connectivity index (χ4n) is 3.34. The highest BCUT2D eigenvalue weighted by atomic mass is 32.2. The van der Waals surface area contributed by atoms with Crippen molar-refractivity contribution >= 4 is 57.1 Å². The van der Waals surface area contributed by atoms with Crippen LogP contribution in [0.1, 0.15) is 22.8 Å². The molecular formula is C24H18FN3O3S2. The van der Waals surface area contributed by atoms with Crippen LogP contribution in [0.4, 0.5) is 4.39 Å². The van der Waals surface area contributed by atoms with Gasteiger partial charge >= 0.3 is 0 Å². The zero-order valence-electron chi connectivity index (χ0n) is 17.4. The summed E-state index contributed by atoms with van der Waals surface area (Å²) in [6.07, 6.45) is 6.57. The van der Waals surface area contributed by atoms with Gasteiger partial charge in [-0.25, -0.2) is 4.39 Å². The number of amides is 2. The van der Waals surface area contributed by atoms with Gasteiger partial charge in [0, 0.05) is 18.1 Å². The molecule has 0 saturated carbocycles. The summed E-state index contributed by atoms with van der Waals surface area (Å²) in [5.41, 5.74) is 3.06. The van der Waals surface area contributed by atoms with E-state index in [4.69, 9.17) is 12.2 Å². The highest BCUT2D eigenvalue weighted by molar-refractivity contribution is 8.26. The van der Waals surface area contributed by atoms with Crippen molar-refractivity contribution in [2.75, 3.05) is 0 Å². The maximum atomic E-state index is 13.7. The molecule has 2 amide bonds. The second kappa shape index (κ2) is 9.51. The van der Waals surface area contributed by atoms with Crippen LogP contribution in [0, 0.1) is 5.82 Å². The Hall–Kier alpha value is -3.56. The van der Waals surface area contributed by atoms with Gasteiger partial charge in [-0.15, -0.1) is 0 Å². The molecule has 0 radical (unpaired) electrons. The van der Waals surface area contributed by atoms with Crippen LogP contribution in [0.2, 0.25) is 0 Å². The van der Waals surface area contributed by atoms with Crippen molar-refractivity contribution in [3.05, 3.63) is 99.0 Å². The van der Waals surface area contributed by atoms with Gasteiger partial charge in [0.1, 0.15) is 11.4 Å². The number of carbonyl (C=O) groups excluding carboxylic acids is 2. The molecule has 6 nitrogen and oxygen atoms in total. The van der Waals surface area contributed by atoms with Crippen molar-refractivity contribution in [3.63, 3.8) is 0 Å². The lowest BCUT2D eigenvalue weighted by Gasteiger charge is -2.17. The van der Waals surface area contributed by atoms with E-state index in [2.05, 4.69) is 5.43 Å². The Morgan fingerprint density at radius 3 is 2.67 bits per heavy atom. The highest BCUT2D eigenvalue weighted by Crippen LogP contribution is 2.29. The number of benzene rings is 2. The zero-order chi connectivity index (χ0) is 23.5. The van der Waals surface area contributed by atoms with E-state index < -0.39 is 23.1 Å². The van der Waals surface area contributed by atoms with Gasteiger partial charge in [0.15, 0.2) is 4.32 Å². The largest absolute Gasteiger partial charge is 0.347 e. The molecule has 1 aliphatic heterocycles. The molecule has 3 aromatic rings. The number of hydrogen-bond donors (Lipinski definition) is 1. The lowest BCUT2D eigenvalue weighted by molar-refractivity contribution is -0.123. The van der Waals surface area contributed by atoms with Crippen LogP contribution in [-0.2, 0) is 11.3 Å². The first-order chi connectivity index (χ1) is 15.9. The maximum absolute atomic E-state index is 13.7. The van der Waals surface area contributed by atoms with Crippen LogP contribution in [0.5, 0.6) is 0 Å². The van der Waals surface area contributed by atoms with Crippen LogP contribution in [0.15, 0.2) is 76.6 Å². The van der Waals surface area contributed by atoms with E-state index >= 15 is 0 Å². The number of halogens is 1. The number of nitrogens with one attached hydrogen (secondary N) is 1. The van der Waals surface area contributed by atoms with Crippen molar-refractivity contribution in [2.45, 2.75) is 13.5 Å². The number of hydrogen-bond acceptors (Lipinski definition) is 5. The summed E-state index contributed by atoms with van der Waals surface area (Å²) < 4.78 is 15.5. The van der Waals surface area contributed by atoms with Crippen molar-refractivity contribution in [1.29, 1.82) is 0 Å². The van der Waals surface area contributed by atoms with Gasteiger partial charge < -0.3 is 4.57 Å². The first-order valence-electron chi connectivity index (χ1n) is 10.0. The Balaban J connectivity index is 1.58. The number of aromatic nitrogens is 1. The van der Waals surface area contributed by atoms with Crippen LogP contribution >= 0.6 is 24.0 Å². The summed E-state index contributed by atoms with van der Waals surface area (Å²) in [6.45, 7) is 2.30. The standard InChI is InChI=1S/C24H18FN3O3S2/c1-2-27-14-18(21(29)17-13-16(25)11-12-19(17)27)22(30)26-28-23(31)20(33-24(28)32)10-6-9-15-7-4-3-5-8-15/h3-14H,2H2,1H3,(H,26,30)/b9-6+,20-10-. The molecule has 1 fully saturated rings. The Bertz CT molecular complexity index is 1400. The zero-order valence-corrected chi connectivity index (χ0v) is 19.1. The predicted octanol–water partition coefficient (Wildman–Crippen LogP) is 4.26. The number of thioether (sulfide) groups is 1. The maximum Gasteiger partial charge on any atom is 0.285 e. The molecule has 166 valence electrons. The molecule has 0 spiro atoms. The van der Waals surface area contributed by atoms with Gasteiger partial charge in [0.25, 0.3) is 11.8 Å². The topological polar surface area (TPSA) is 71.4 Å². The van der Waals surface area contributed by atoms with Gasteiger partial charge in [-0.2, -0.15) is 5.01 Å². The Morgan fingerprint density at radius 2 is 1.94 bits per heavy atom. The van der Waals surface area contributed by atoms with E-state index in [0.717, 1.165) is 28.4 Å². The molecule has 4 rings (SSSR count). The number of carbonyl (C=O) groups is 2. The van der Waals surface area contributed by atoms with Crippen molar-refractivity contribution in [3.8, 4) is 0 Å². The molecule has 0 unspecified atom stereocenters. The summed E-state index contributed by atoms with van der Waals surface area (Å²) in [7, 11) is 0. The summed E-state index contributed by atoms with van der Waals surface area (Å²) in [5.74, 6) is -1.88. The lowest BCUT2D eigenvalue weighted by atomic mass is 10.1. The van der Waals surface area contributed by atoms with Crippen LogP contribution < -0.4 is 10.9 Å². The van der Waals surface area contributed by atoms with E-state index in [9.17, 15) is 18.8 Å².